The summed E-state index contributed by atoms with van der Waals surface area (Å²) in [5, 5.41) is 11.4. The number of benzene rings is 1. The summed E-state index contributed by atoms with van der Waals surface area (Å²) in [5.74, 6) is 1.59. The molecule has 31 heavy (non-hydrogen) atoms. The fourth-order valence-corrected chi connectivity index (χ4v) is 3.73. The highest BCUT2D eigenvalue weighted by atomic mass is 127. The molecule has 2 heterocycles. The van der Waals surface area contributed by atoms with Crippen molar-refractivity contribution in [3.8, 4) is 5.75 Å². The molecule has 1 atom stereocenters. The minimum absolute atomic E-state index is 0. The molecule has 2 aromatic rings. The summed E-state index contributed by atoms with van der Waals surface area (Å²) in [6.45, 7) is 5.40. The largest absolute Gasteiger partial charge is 0.488 e. The monoisotopic (exact) mass is 558 g/mol. The molecule has 3 N–H and O–H groups in total. The van der Waals surface area contributed by atoms with Crippen molar-refractivity contribution in [3.63, 3.8) is 0 Å². The molecule has 1 amide bonds. The van der Waals surface area contributed by atoms with Crippen LogP contribution in [-0.4, -0.2) is 51.3 Å². The summed E-state index contributed by atoms with van der Waals surface area (Å²) < 4.78 is 11.6. The van der Waals surface area contributed by atoms with Crippen molar-refractivity contribution in [2.45, 2.75) is 32.4 Å². The topological polar surface area (TPSA) is 84.0 Å². The van der Waals surface area contributed by atoms with E-state index in [4.69, 9.17) is 9.47 Å². The average molecular weight is 558 g/mol. The van der Waals surface area contributed by atoms with Gasteiger partial charge in [-0.3, -0.25) is 9.79 Å². The van der Waals surface area contributed by atoms with E-state index in [0.29, 0.717) is 26.2 Å². The predicted molar refractivity (Wildman–Crippen MR) is 136 cm³/mol. The molecule has 9 heteroatoms. The van der Waals surface area contributed by atoms with Gasteiger partial charge in [-0.25, -0.2) is 0 Å². The van der Waals surface area contributed by atoms with Gasteiger partial charge in [0, 0.05) is 38.7 Å². The summed E-state index contributed by atoms with van der Waals surface area (Å²) in [5.41, 5.74) is 2.25. The molecular weight excluding hydrogens is 527 g/mol. The molecule has 1 unspecified atom stereocenters. The normalized spacial score (nSPS) is 15.8. The van der Waals surface area contributed by atoms with Crippen LogP contribution >= 0.6 is 35.3 Å². The number of nitrogens with one attached hydrogen (secondary N) is 3. The fourth-order valence-electron chi connectivity index (χ4n) is 3.09. The first-order valence-electron chi connectivity index (χ1n) is 10.3. The zero-order valence-corrected chi connectivity index (χ0v) is 21.1. The van der Waals surface area contributed by atoms with Crippen molar-refractivity contribution in [2.75, 3.05) is 33.4 Å². The van der Waals surface area contributed by atoms with Crippen LogP contribution in [0.15, 0.2) is 40.7 Å². The number of rotatable bonds is 9. The molecule has 1 fully saturated rings. The van der Waals surface area contributed by atoms with E-state index in [9.17, 15) is 4.79 Å². The minimum atomic E-state index is -0.0212. The molecule has 1 aliphatic heterocycles. The second-order valence-electron chi connectivity index (χ2n) is 7.15. The average Bonchev–Trinajstić information content (AvgIpc) is 3.45. The molecule has 0 spiro atoms. The number of hydrogen-bond acceptors (Lipinski definition) is 5. The van der Waals surface area contributed by atoms with Gasteiger partial charge in [-0.1, -0.05) is 18.2 Å². The maximum absolute atomic E-state index is 11.9. The summed E-state index contributed by atoms with van der Waals surface area (Å²) in [4.78, 5) is 16.9. The first-order chi connectivity index (χ1) is 14.7. The number of nitrogens with zero attached hydrogens (tertiary/aromatic N) is 1. The maximum atomic E-state index is 11.9. The Morgan fingerprint density at radius 2 is 2.10 bits per heavy atom. The molecular formula is C22H31IN4O3S. The molecule has 3 rings (SSSR count). The van der Waals surface area contributed by atoms with E-state index in [-0.39, 0.29) is 36.0 Å². The van der Waals surface area contributed by atoms with Gasteiger partial charge in [-0.05, 0) is 36.4 Å². The lowest BCUT2D eigenvalue weighted by atomic mass is 10.1. The van der Waals surface area contributed by atoms with Crippen LogP contribution in [0.4, 0.5) is 0 Å². The standard InChI is InChI=1S/C22H30N4O3S.HI/c1-16-6-7-17(19(13-16)29-18-8-11-28-15-18)14-26-22(23-2)25-10-4-9-24-21(27)20-5-3-12-30-20;/h3,5-7,12-13,18H,4,8-11,14-15H2,1-2H3,(H,24,27)(H2,23,25,26);1H. The van der Waals surface area contributed by atoms with Gasteiger partial charge in [0.15, 0.2) is 5.96 Å². The second-order valence-corrected chi connectivity index (χ2v) is 8.10. The first-order valence-corrected chi connectivity index (χ1v) is 11.1. The van der Waals surface area contributed by atoms with E-state index < -0.39 is 0 Å². The van der Waals surface area contributed by atoms with E-state index in [2.05, 4.69) is 46.1 Å². The molecule has 1 aromatic heterocycles. The molecule has 1 saturated heterocycles. The third-order valence-electron chi connectivity index (χ3n) is 4.75. The lowest BCUT2D eigenvalue weighted by molar-refractivity contribution is 0.0957. The summed E-state index contributed by atoms with van der Waals surface area (Å²) in [7, 11) is 1.75. The quantitative estimate of drug-likeness (QED) is 0.191. The Balaban J connectivity index is 0.00000341. The third kappa shape index (κ3) is 8.30. The van der Waals surface area contributed by atoms with Crippen molar-refractivity contribution < 1.29 is 14.3 Å². The van der Waals surface area contributed by atoms with Crippen molar-refractivity contribution in [1.82, 2.24) is 16.0 Å². The lowest BCUT2D eigenvalue weighted by Gasteiger charge is -2.18. The van der Waals surface area contributed by atoms with Crippen LogP contribution in [0.3, 0.4) is 0 Å². The zero-order chi connectivity index (χ0) is 21.2. The van der Waals surface area contributed by atoms with Gasteiger partial charge in [-0.2, -0.15) is 0 Å². The molecule has 0 saturated carbocycles. The summed E-state index contributed by atoms with van der Waals surface area (Å²) in [6, 6.07) is 9.94. The highest BCUT2D eigenvalue weighted by Crippen LogP contribution is 2.23. The fraction of sp³-hybridized carbons (Fsp3) is 0.455. The Hall–Kier alpha value is -1.85. The number of carbonyl (C=O) groups excluding carboxylic acids is 1. The van der Waals surface area contributed by atoms with Crippen LogP contribution in [0.5, 0.6) is 5.75 Å². The number of carbonyl (C=O) groups is 1. The molecule has 0 aliphatic carbocycles. The van der Waals surface area contributed by atoms with Crippen LogP contribution in [0.1, 0.15) is 33.6 Å². The van der Waals surface area contributed by atoms with Gasteiger partial charge < -0.3 is 25.4 Å². The SMILES string of the molecule is CN=C(NCCCNC(=O)c1cccs1)NCc1ccc(C)cc1OC1CCOC1.I. The van der Waals surface area contributed by atoms with Crippen LogP contribution < -0.4 is 20.7 Å². The van der Waals surface area contributed by atoms with Crippen LogP contribution in [-0.2, 0) is 11.3 Å². The van der Waals surface area contributed by atoms with Gasteiger partial charge in [0.05, 0.1) is 18.1 Å². The lowest BCUT2D eigenvalue weighted by Crippen LogP contribution is -2.38. The van der Waals surface area contributed by atoms with E-state index >= 15 is 0 Å². The number of ether oxygens (including phenoxy) is 2. The van der Waals surface area contributed by atoms with Crippen molar-refractivity contribution in [1.29, 1.82) is 0 Å². The Morgan fingerprint density at radius 1 is 1.26 bits per heavy atom. The minimum Gasteiger partial charge on any atom is -0.488 e. The molecule has 1 aliphatic rings. The third-order valence-corrected chi connectivity index (χ3v) is 5.62. The van der Waals surface area contributed by atoms with E-state index in [1.54, 1.807) is 7.05 Å². The van der Waals surface area contributed by atoms with Crippen LogP contribution in [0.2, 0.25) is 0 Å². The Morgan fingerprint density at radius 3 is 2.81 bits per heavy atom. The predicted octanol–water partition coefficient (Wildman–Crippen LogP) is 3.33. The van der Waals surface area contributed by atoms with Gasteiger partial charge >= 0.3 is 0 Å². The molecule has 0 radical (unpaired) electrons. The number of halogens is 1. The maximum Gasteiger partial charge on any atom is 0.261 e. The molecule has 7 nitrogen and oxygen atoms in total. The Kier molecular flexibility index (Phi) is 11.1. The van der Waals surface area contributed by atoms with Crippen LogP contribution in [0, 0.1) is 6.92 Å². The van der Waals surface area contributed by atoms with Gasteiger partial charge in [0.25, 0.3) is 5.91 Å². The van der Waals surface area contributed by atoms with Crippen molar-refractivity contribution in [2.24, 2.45) is 4.99 Å². The summed E-state index contributed by atoms with van der Waals surface area (Å²) in [6.07, 6.45) is 1.85. The molecule has 0 bridgehead atoms. The number of amides is 1. The highest BCUT2D eigenvalue weighted by molar-refractivity contribution is 14.0. The smallest absolute Gasteiger partial charge is 0.261 e. The number of guanidine groups is 1. The Labute approximate surface area is 205 Å². The number of aryl methyl sites for hydroxylation is 1. The second kappa shape index (κ2) is 13.5. The van der Waals surface area contributed by atoms with E-state index in [1.165, 1.54) is 16.9 Å². The van der Waals surface area contributed by atoms with Gasteiger partial charge in [0.2, 0.25) is 0 Å². The first kappa shape index (κ1) is 25.4. The van der Waals surface area contributed by atoms with Crippen molar-refractivity contribution >= 4 is 47.2 Å². The zero-order valence-electron chi connectivity index (χ0n) is 18.0. The Bertz CT molecular complexity index is 839. The molecule has 170 valence electrons. The van der Waals surface area contributed by atoms with Crippen LogP contribution in [0.25, 0.3) is 0 Å². The van der Waals surface area contributed by atoms with Crippen molar-refractivity contribution in [3.05, 3.63) is 51.7 Å². The highest BCUT2D eigenvalue weighted by Gasteiger charge is 2.18. The van der Waals surface area contributed by atoms with Gasteiger partial charge in [-0.15, -0.1) is 35.3 Å². The molecule has 1 aromatic carbocycles. The number of hydrogen-bond donors (Lipinski definition) is 3. The number of thiophene rings is 1. The van der Waals surface area contributed by atoms with E-state index in [1.807, 2.05) is 17.5 Å². The number of aliphatic imine (C=N–C) groups is 1. The summed E-state index contributed by atoms with van der Waals surface area (Å²) >= 11 is 1.45. The van der Waals surface area contributed by atoms with E-state index in [0.717, 1.165) is 41.6 Å². The van der Waals surface area contributed by atoms with Gasteiger partial charge in [0.1, 0.15) is 11.9 Å².